The number of nitrogens with zero attached hydrogens (tertiary/aromatic N) is 3. The molecule has 0 saturated carbocycles. The monoisotopic (exact) mass is 295 g/mol. The third-order valence-corrected chi connectivity index (χ3v) is 2.73. The van der Waals surface area contributed by atoms with Crippen molar-refractivity contribution in [2.45, 2.75) is 13.0 Å². The minimum atomic E-state index is 0.651. The van der Waals surface area contributed by atoms with Gasteiger partial charge < -0.3 is 11.1 Å². The van der Waals surface area contributed by atoms with Crippen molar-refractivity contribution in [1.29, 1.82) is 0 Å². The summed E-state index contributed by atoms with van der Waals surface area (Å²) in [5.41, 5.74) is 6.48. The lowest BCUT2D eigenvalue weighted by molar-refractivity contribution is 0.591. The van der Waals surface area contributed by atoms with Gasteiger partial charge in [-0.2, -0.15) is 5.10 Å². The van der Waals surface area contributed by atoms with Crippen LogP contribution in [0.15, 0.2) is 35.2 Å². The van der Waals surface area contributed by atoms with Crippen molar-refractivity contribution in [1.82, 2.24) is 14.8 Å². The van der Waals surface area contributed by atoms with Gasteiger partial charge in [-0.25, -0.2) is 4.98 Å². The van der Waals surface area contributed by atoms with Gasteiger partial charge in [-0.1, -0.05) is 0 Å². The number of nitrogens with one attached hydrogen (secondary N) is 1. The molecule has 0 aromatic carbocycles. The molecule has 0 bridgehead atoms. The first-order valence-electron chi connectivity index (χ1n) is 5.38. The number of aryl methyl sites for hydroxylation is 1. The Kier molecular flexibility index (Phi) is 3.98. The van der Waals surface area contributed by atoms with E-state index in [1.54, 1.807) is 12.4 Å². The number of nitrogen functional groups attached to an aromatic ring is 1. The van der Waals surface area contributed by atoms with E-state index in [1.807, 2.05) is 23.0 Å². The van der Waals surface area contributed by atoms with Crippen molar-refractivity contribution in [3.05, 3.63) is 35.2 Å². The lowest BCUT2D eigenvalue weighted by Crippen LogP contribution is -2.09. The lowest BCUT2D eigenvalue weighted by Gasteiger charge is -2.08. The fourth-order valence-electron chi connectivity index (χ4n) is 1.48. The predicted octanol–water partition coefficient (Wildman–Crippen LogP) is 2.12. The van der Waals surface area contributed by atoms with Crippen LogP contribution in [0.4, 0.5) is 11.5 Å². The number of nitrogens with two attached hydrogens (primary N) is 1. The van der Waals surface area contributed by atoms with Crippen molar-refractivity contribution >= 4 is 27.4 Å². The first-order chi connectivity index (χ1) is 8.25. The van der Waals surface area contributed by atoms with Crippen molar-refractivity contribution in [3.8, 4) is 0 Å². The SMILES string of the molecule is Nc1cc(Br)cnc1NCCCn1cccn1. The van der Waals surface area contributed by atoms with Gasteiger partial charge in [0.2, 0.25) is 0 Å². The molecule has 0 fully saturated rings. The van der Waals surface area contributed by atoms with Crippen LogP contribution in [0, 0.1) is 0 Å². The van der Waals surface area contributed by atoms with Crippen LogP contribution in [0.3, 0.4) is 0 Å². The van der Waals surface area contributed by atoms with Crippen molar-refractivity contribution in [2.75, 3.05) is 17.6 Å². The molecular formula is C11H14BrN5. The number of pyridine rings is 1. The topological polar surface area (TPSA) is 68.8 Å². The molecule has 0 saturated heterocycles. The number of aromatic nitrogens is 3. The van der Waals surface area contributed by atoms with Crippen molar-refractivity contribution < 1.29 is 0 Å². The number of hydrogen-bond acceptors (Lipinski definition) is 4. The van der Waals surface area contributed by atoms with E-state index >= 15 is 0 Å². The van der Waals surface area contributed by atoms with Crippen LogP contribution < -0.4 is 11.1 Å². The van der Waals surface area contributed by atoms with E-state index in [0.717, 1.165) is 29.8 Å². The summed E-state index contributed by atoms with van der Waals surface area (Å²) in [6.45, 7) is 1.70. The molecule has 17 heavy (non-hydrogen) atoms. The number of hydrogen-bond donors (Lipinski definition) is 2. The van der Waals surface area contributed by atoms with E-state index in [9.17, 15) is 0 Å². The largest absolute Gasteiger partial charge is 0.396 e. The predicted molar refractivity (Wildman–Crippen MR) is 71.7 cm³/mol. The first-order valence-corrected chi connectivity index (χ1v) is 6.17. The van der Waals surface area contributed by atoms with Gasteiger partial charge in [0.1, 0.15) is 5.82 Å². The Balaban J connectivity index is 1.78. The highest BCUT2D eigenvalue weighted by atomic mass is 79.9. The molecule has 0 aliphatic rings. The molecular weight excluding hydrogens is 282 g/mol. The fraction of sp³-hybridized carbons (Fsp3) is 0.273. The second-order valence-electron chi connectivity index (χ2n) is 3.64. The molecule has 2 aromatic heterocycles. The molecule has 6 heteroatoms. The van der Waals surface area contributed by atoms with Crippen LogP contribution in [0.5, 0.6) is 0 Å². The molecule has 5 nitrogen and oxygen atoms in total. The molecule has 0 unspecified atom stereocenters. The zero-order valence-corrected chi connectivity index (χ0v) is 10.9. The average Bonchev–Trinajstić information content (AvgIpc) is 2.79. The maximum absolute atomic E-state index is 5.83. The summed E-state index contributed by atoms with van der Waals surface area (Å²) in [5, 5.41) is 7.34. The third-order valence-electron chi connectivity index (χ3n) is 2.30. The maximum Gasteiger partial charge on any atom is 0.149 e. The normalized spacial score (nSPS) is 10.4. The van der Waals surface area contributed by atoms with E-state index in [2.05, 4.69) is 31.3 Å². The quantitative estimate of drug-likeness (QED) is 0.829. The highest BCUT2D eigenvalue weighted by molar-refractivity contribution is 9.10. The molecule has 0 spiro atoms. The van der Waals surface area contributed by atoms with Gasteiger partial charge in [-0.15, -0.1) is 0 Å². The zero-order valence-electron chi connectivity index (χ0n) is 9.31. The van der Waals surface area contributed by atoms with Crippen LogP contribution in [0.1, 0.15) is 6.42 Å². The second kappa shape index (κ2) is 5.67. The third kappa shape index (κ3) is 3.45. The Morgan fingerprint density at radius 3 is 3.06 bits per heavy atom. The lowest BCUT2D eigenvalue weighted by atomic mass is 10.3. The van der Waals surface area contributed by atoms with Crippen LogP contribution in [-0.2, 0) is 6.54 Å². The van der Waals surface area contributed by atoms with Gasteiger partial charge in [0.05, 0.1) is 5.69 Å². The molecule has 3 N–H and O–H groups in total. The summed E-state index contributed by atoms with van der Waals surface area (Å²) in [5.74, 6) is 0.730. The number of halogens is 1. The second-order valence-corrected chi connectivity index (χ2v) is 4.56. The standard InChI is InChI=1S/C11H14BrN5/c12-9-7-10(13)11(15-8-9)14-3-1-5-17-6-2-4-16-17/h2,4,6-8H,1,3,5,13H2,(H,14,15). The summed E-state index contributed by atoms with van der Waals surface area (Å²) in [6.07, 6.45) is 6.43. The van der Waals surface area contributed by atoms with Crippen LogP contribution in [0.2, 0.25) is 0 Å². The van der Waals surface area contributed by atoms with Gasteiger partial charge in [-0.05, 0) is 34.5 Å². The van der Waals surface area contributed by atoms with Gasteiger partial charge in [0.25, 0.3) is 0 Å². The van der Waals surface area contributed by atoms with E-state index in [0.29, 0.717) is 5.69 Å². The maximum atomic E-state index is 5.83. The zero-order chi connectivity index (χ0) is 12.1. The van der Waals surface area contributed by atoms with E-state index in [4.69, 9.17) is 5.73 Å². The Hall–Kier alpha value is -1.56. The van der Waals surface area contributed by atoms with Crippen LogP contribution in [-0.4, -0.2) is 21.3 Å². The Labute approximate surface area is 108 Å². The summed E-state index contributed by atoms with van der Waals surface area (Å²) in [4.78, 5) is 4.21. The first kappa shape index (κ1) is 11.9. The molecule has 90 valence electrons. The van der Waals surface area contributed by atoms with Crippen LogP contribution in [0.25, 0.3) is 0 Å². The van der Waals surface area contributed by atoms with E-state index < -0.39 is 0 Å². The average molecular weight is 296 g/mol. The Morgan fingerprint density at radius 1 is 1.47 bits per heavy atom. The van der Waals surface area contributed by atoms with Crippen molar-refractivity contribution in [3.63, 3.8) is 0 Å². The minimum absolute atomic E-state index is 0.651. The molecule has 2 heterocycles. The summed E-state index contributed by atoms with van der Waals surface area (Å²) in [6, 6.07) is 3.75. The van der Waals surface area contributed by atoms with E-state index in [1.165, 1.54) is 0 Å². The van der Waals surface area contributed by atoms with Gasteiger partial charge >= 0.3 is 0 Å². The molecule has 0 aliphatic carbocycles. The molecule has 0 amide bonds. The van der Waals surface area contributed by atoms with E-state index in [-0.39, 0.29) is 0 Å². The smallest absolute Gasteiger partial charge is 0.149 e. The summed E-state index contributed by atoms with van der Waals surface area (Å²) in [7, 11) is 0. The van der Waals surface area contributed by atoms with Gasteiger partial charge in [0.15, 0.2) is 0 Å². The molecule has 0 radical (unpaired) electrons. The Morgan fingerprint density at radius 2 is 2.35 bits per heavy atom. The molecule has 0 atom stereocenters. The highest BCUT2D eigenvalue weighted by Gasteiger charge is 2.00. The number of rotatable bonds is 5. The van der Waals surface area contributed by atoms with Gasteiger partial charge in [-0.3, -0.25) is 4.68 Å². The minimum Gasteiger partial charge on any atom is -0.396 e. The van der Waals surface area contributed by atoms with Crippen molar-refractivity contribution in [2.24, 2.45) is 0 Å². The summed E-state index contributed by atoms with van der Waals surface area (Å²) >= 11 is 3.32. The molecule has 2 rings (SSSR count). The number of anilines is 2. The highest BCUT2D eigenvalue weighted by Crippen LogP contribution is 2.19. The fourth-order valence-corrected chi connectivity index (χ4v) is 1.83. The van der Waals surface area contributed by atoms with Crippen LogP contribution >= 0.6 is 15.9 Å². The molecule has 2 aromatic rings. The Bertz CT molecular complexity index is 469. The summed E-state index contributed by atoms with van der Waals surface area (Å²) < 4.78 is 2.79. The van der Waals surface area contributed by atoms with Gasteiger partial charge in [0, 0.05) is 36.2 Å². The molecule has 0 aliphatic heterocycles.